The minimum absolute atomic E-state index is 0.0280. The third kappa shape index (κ3) is 5.33. The van der Waals surface area contributed by atoms with Crippen LogP contribution in [0.2, 0.25) is 0 Å². The van der Waals surface area contributed by atoms with Gasteiger partial charge in [0.1, 0.15) is 5.82 Å². The Hall–Kier alpha value is -2.45. The molecule has 2 heterocycles. The molecule has 1 aliphatic heterocycles. The molecule has 2 aromatic rings. The number of rotatable bonds is 7. The van der Waals surface area contributed by atoms with Gasteiger partial charge >= 0.3 is 0 Å². The SMILES string of the molecule is Cc1cc(C)c(S(=O)(=O)NCCC(=O)Nc2ccc(N3CCCC3)nc2)c(C)c1. The van der Waals surface area contributed by atoms with E-state index in [0.29, 0.717) is 16.8 Å². The van der Waals surface area contributed by atoms with E-state index in [0.717, 1.165) is 24.5 Å². The first-order valence-corrected chi connectivity index (χ1v) is 11.3. The highest BCUT2D eigenvalue weighted by atomic mass is 32.2. The Labute approximate surface area is 172 Å². The Morgan fingerprint density at radius 1 is 1.10 bits per heavy atom. The van der Waals surface area contributed by atoms with Crippen LogP contribution in [0.4, 0.5) is 11.5 Å². The maximum absolute atomic E-state index is 12.6. The average molecular weight is 417 g/mol. The molecule has 3 rings (SSSR count). The van der Waals surface area contributed by atoms with Crippen molar-refractivity contribution in [2.45, 2.75) is 44.9 Å². The van der Waals surface area contributed by atoms with Crippen molar-refractivity contribution in [1.29, 1.82) is 0 Å². The number of pyridine rings is 1. The molecule has 1 amide bonds. The van der Waals surface area contributed by atoms with Crippen molar-refractivity contribution in [2.24, 2.45) is 0 Å². The smallest absolute Gasteiger partial charge is 0.241 e. The number of sulfonamides is 1. The molecule has 0 spiro atoms. The molecule has 2 N–H and O–H groups in total. The number of nitrogens with zero attached hydrogens (tertiary/aromatic N) is 2. The van der Waals surface area contributed by atoms with Crippen molar-refractivity contribution in [3.05, 3.63) is 47.2 Å². The number of benzene rings is 1. The van der Waals surface area contributed by atoms with Gasteiger partial charge in [-0.25, -0.2) is 18.1 Å². The normalized spacial score (nSPS) is 14.2. The number of carbonyl (C=O) groups is 1. The van der Waals surface area contributed by atoms with E-state index >= 15 is 0 Å². The molecule has 7 nitrogen and oxygen atoms in total. The van der Waals surface area contributed by atoms with Gasteiger partial charge in [0, 0.05) is 26.1 Å². The van der Waals surface area contributed by atoms with Gasteiger partial charge in [0.05, 0.1) is 16.8 Å². The van der Waals surface area contributed by atoms with Crippen LogP contribution in [0.5, 0.6) is 0 Å². The van der Waals surface area contributed by atoms with Crippen molar-refractivity contribution in [3.8, 4) is 0 Å². The standard InChI is InChI=1S/C21H28N4O3S/c1-15-12-16(2)21(17(3)13-15)29(27,28)23-9-8-20(26)24-18-6-7-19(22-14-18)25-10-4-5-11-25/h6-7,12-14,23H,4-5,8-11H2,1-3H3,(H,24,26). The van der Waals surface area contributed by atoms with Gasteiger partial charge in [0.2, 0.25) is 15.9 Å². The van der Waals surface area contributed by atoms with Crippen LogP contribution in [0, 0.1) is 20.8 Å². The number of aromatic nitrogens is 1. The summed E-state index contributed by atoms with van der Waals surface area (Å²) in [6.45, 7) is 7.54. The second-order valence-corrected chi connectivity index (χ2v) is 9.23. The third-order valence-corrected chi connectivity index (χ3v) is 6.74. The van der Waals surface area contributed by atoms with Crippen molar-refractivity contribution < 1.29 is 13.2 Å². The summed E-state index contributed by atoms with van der Waals surface area (Å²) in [6, 6.07) is 7.40. The molecule has 8 heteroatoms. The van der Waals surface area contributed by atoms with Gasteiger partial charge in [-0.05, 0) is 56.9 Å². The van der Waals surface area contributed by atoms with E-state index in [1.807, 2.05) is 31.2 Å². The lowest BCUT2D eigenvalue weighted by Crippen LogP contribution is -2.29. The van der Waals surface area contributed by atoms with Crippen molar-refractivity contribution in [3.63, 3.8) is 0 Å². The second kappa shape index (κ2) is 8.92. The molecule has 1 saturated heterocycles. The van der Waals surface area contributed by atoms with E-state index in [4.69, 9.17) is 0 Å². The highest BCUT2D eigenvalue weighted by Crippen LogP contribution is 2.22. The summed E-state index contributed by atoms with van der Waals surface area (Å²) in [5, 5.41) is 2.76. The minimum Gasteiger partial charge on any atom is -0.357 e. The molecule has 0 unspecified atom stereocenters. The zero-order valence-electron chi connectivity index (χ0n) is 17.2. The Morgan fingerprint density at radius 2 is 1.76 bits per heavy atom. The maximum atomic E-state index is 12.6. The van der Waals surface area contributed by atoms with Gasteiger partial charge in [-0.3, -0.25) is 4.79 Å². The fourth-order valence-corrected chi connectivity index (χ4v) is 5.26. The molecular formula is C21H28N4O3S. The van der Waals surface area contributed by atoms with Crippen LogP contribution in [-0.2, 0) is 14.8 Å². The lowest BCUT2D eigenvalue weighted by atomic mass is 10.1. The van der Waals surface area contributed by atoms with Gasteiger partial charge in [-0.2, -0.15) is 0 Å². The van der Waals surface area contributed by atoms with Crippen molar-refractivity contribution in [1.82, 2.24) is 9.71 Å². The Balaban J connectivity index is 1.53. The fraction of sp³-hybridized carbons (Fsp3) is 0.429. The van der Waals surface area contributed by atoms with Crippen LogP contribution in [-0.4, -0.2) is 38.9 Å². The molecule has 0 radical (unpaired) electrons. The Kier molecular flexibility index (Phi) is 6.54. The van der Waals surface area contributed by atoms with Crippen LogP contribution in [0.3, 0.4) is 0 Å². The summed E-state index contributed by atoms with van der Waals surface area (Å²) in [5.41, 5.74) is 3.01. The summed E-state index contributed by atoms with van der Waals surface area (Å²) in [4.78, 5) is 19.1. The van der Waals surface area contributed by atoms with Gasteiger partial charge < -0.3 is 10.2 Å². The van der Waals surface area contributed by atoms with E-state index in [9.17, 15) is 13.2 Å². The predicted octanol–water partition coefficient (Wildman–Crippen LogP) is 2.91. The van der Waals surface area contributed by atoms with Crippen LogP contribution in [0.15, 0.2) is 35.4 Å². The lowest BCUT2D eigenvalue weighted by Gasteiger charge is -2.16. The van der Waals surface area contributed by atoms with E-state index in [1.165, 1.54) is 12.8 Å². The highest BCUT2D eigenvalue weighted by Gasteiger charge is 2.20. The zero-order chi connectivity index (χ0) is 21.0. The van der Waals surface area contributed by atoms with E-state index < -0.39 is 10.0 Å². The molecule has 0 bridgehead atoms. The van der Waals surface area contributed by atoms with Gasteiger partial charge in [-0.1, -0.05) is 17.7 Å². The largest absolute Gasteiger partial charge is 0.357 e. The van der Waals surface area contributed by atoms with Crippen LogP contribution < -0.4 is 14.9 Å². The van der Waals surface area contributed by atoms with E-state index in [2.05, 4.69) is 19.9 Å². The number of carbonyl (C=O) groups excluding carboxylic acids is 1. The molecular weight excluding hydrogens is 388 g/mol. The van der Waals surface area contributed by atoms with Crippen molar-refractivity contribution in [2.75, 3.05) is 29.9 Å². The van der Waals surface area contributed by atoms with Crippen LogP contribution in [0.1, 0.15) is 36.0 Å². The molecule has 0 saturated carbocycles. The minimum atomic E-state index is -3.67. The first-order valence-electron chi connectivity index (χ1n) is 9.84. The molecule has 1 aromatic carbocycles. The molecule has 156 valence electrons. The quantitative estimate of drug-likeness (QED) is 0.724. The summed E-state index contributed by atoms with van der Waals surface area (Å²) in [5.74, 6) is 0.651. The number of nitrogens with one attached hydrogen (secondary N) is 2. The summed E-state index contributed by atoms with van der Waals surface area (Å²) < 4.78 is 27.8. The Morgan fingerprint density at radius 3 is 2.34 bits per heavy atom. The molecule has 0 atom stereocenters. The molecule has 1 fully saturated rings. The number of anilines is 2. The molecule has 0 aliphatic carbocycles. The maximum Gasteiger partial charge on any atom is 0.241 e. The van der Waals surface area contributed by atoms with Gasteiger partial charge in [-0.15, -0.1) is 0 Å². The van der Waals surface area contributed by atoms with E-state index in [-0.39, 0.29) is 23.8 Å². The predicted molar refractivity (Wildman–Crippen MR) is 115 cm³/mol. The fourth-order valence-electron chi connectivity index (χ4n) is 3.78. The molecule has 29 heavy (non-hydrogen) atoms. The summed E-state index contributed by atoms with van der Waals surface area (Å²) in [7, 11) is -3.67. The van der Waals surface area contributed by atoms with Crippen LogP contribution >= 0.6 is 0 Å². The highest BCUT2D eigenvalue weighted by molar-refractivity contribution is 7.89. The average Bonchev–Trinajstić information content (AvgIpc) is 3.15. The lowest BCUT2D eigenvalue weighted by molar-refractivity contribution is -0.116. The first-order chi connectivity index (χ1) is 13.8. The van der Waals surface area contributed by atoms with Crippen molar-refractivity contribution >= 4 is 27.4 Å². The van der Waals surface area contributed by atoms with Gasteiger partial charge in [0.15, 0.2) is 0 Å². The summed E-state index contributed by atoms with van der Waals surface area (Å²) in [6.07, 6.45) is 4.03. The zero-order valence-corrected chi connectivity index (χ0v) is 18.0. The number of hydrogen-bond acceptors (Lipinski definition) is 5. The second-order valence-electron chi connectivity index (χ2n) is 7.52. The topological polar surface area (TPSA) is 91.4 Å². The molecule has 1 aliphatic rings. The number of aryl methyl sites for hydroxylation is 3. The Bertz CT molecular complexity index is 958. The molecule has 1 aromatic heterocycles. The number of amides is 1. The number of hydrogen-bond donors (Lipinski definition) is 2. The monoisotopic (exact) mass is 416 g/mol. The van der Waals surface area contributed by atoms with E-state index in [1.54, 1.807) is 20.0 Å². The van der Waals surface area contributed by atoms with Crippen LogP contribution in [0.25, 0.3) is 0 Å². The third-order valence-electron chi connectivity index (χ3n) is 4.98. The summed E-state index contributed by atoms with van der Waals surface area (Å²) >= 11 is 0. The first kappa shape index (κ1) is 21.3. The van der Waals surface area contributed by atoms with Gasteiger partial charge in [0.25, 0.3) is 0 Å².